The van der Waals surface area contributed by atoms with Crippen molar-refractivity contribution in [2.45, 2.75) is 45.1 Å². The number of nitrogens with zero attached hydrogens (tertiary/aromatic N) is 2. The van der Waals surface area contributed by atoms with Crippen LogP contribution in [0.1, 0.15) is 38.4 Å². The lowest BCUT2D eigenvalue weighted by Gasteiger charge is -2.34. The molecule has 0 radical (unpaired) electrons. The van der Waals surface area contributed by atoms with Crippen LogP contribution in [0.2, 0.25) is 0 Å². The van der Waals surface area contributed by atoms with Crippen LogP contribution in [-0.4, -0.2) is 62.3 Å². The monoisotopic (exact) mass is 377 g/mol. The molecule has 3 rings (SSSR count). The molecule has 7 heteroatoms. The van der Waals surface area contributed by atoms with Crippen molar-refractivity contribution in [2.24, 2.45) is 10.9 Å². The number of carbonyl (C=O) groups is 1. The Kier molecular flexibility index (Phi) is 7.56. The highest BCUT2D eigenvalue weighted by atomic mass is 16.5. The van der Waals surface area contributed by atoms with Gasteiger partial charge in [-0.15, -0.1) is 0 Å². The molecule has 150 valence electrons. The molecule has 0 saturated carbocycles. The van der Waals surface area contributed by atoms with Crippen molar-refractivity contribution in [3.8, 4) is 0 Å². The fourth-order valence-corrected chi connectivity index (χ4v) is 3.62. The molecule has 2 atom stereocenters. The van der Waals surface area contributed by atoms with Gasteiger partial charge in [0, 0.05) is 32.7 Å². The molecular formula is C20H31N3O4. The summed E-state index contributed by atoms with van der Waals surface area (Å²) >= 11 is 0. The Morgan fingerprint density at radius 2 is 2.33 bits per heavy atom. The third-order valence-electron chi connectivity index (χ3n) is 5.04. The normalized spacial score (nSPS) is 23.4. The van der Waals surface area contributed by atoms with Gasteiger partial charge in [-0.2, -0.15) is 0 Å². The number of furan rings is 1. The van der Waals surface area contributed by atoms with Crippen LogP contribution in [0.3, 0.4) is 0 Å². The Morgan fingerprint density at radius 1 is 1.41 bits per heavy atom. The summed E-state index contributed by atoms with van der Waals surface area (Å²) in [5.74, 6) is 1.62. The summed E-state index contributed by atoms with van der Waals surface area (Å²) in [6.45, 7) is 6.04. The maximum Gasteiger partial charge on any atom is 0.310 e. The molecule has 1 N–H and O–H groups in total. The first-order valence-electron chi connectivity index (χ1n) is 10.1. The predicted molar refractivity (Wildman–Crippen MR) is 103 cm³/mol. The topological polar surface area (TPSA) is 76.3 Å². The van der Waals surface area contributed by atoms with E-state index in [4.69, 9.17) is 18.9 Å². The minimum Gasteiger partial charge on any atom is -0.469 e. The fourth-order valence-electron chi connectivity index (χ4n) is 3.62. The lowest BCUT2D eigenvalue weighted by molar-refractivity contribution is -0.149. The Bertz CT molecular complexity index is 596. The molecule has 2 saturated heterocycles. The lowest BCUT2D eigenvalue weighted by Crippen LogP contribution is -2.49. The average molecular weight is 377 g/mol. The largest absolute Gasteiger partial charge is 0.469 e. The molecule has 0 aromatic carbocycles. The van der Waals surface area contributed by atoms with Crippen molar-refractivity contribution < 1.29 is 18.7 Å². The van der Waals surface area contributed by atoms with Crippen LogP contribution in [0.5, 0.6) is 0 Å². The number of ether oxygens (including phenoxy) is 2. The molecule has 1 aromatic rings. The molecule has 2 aliphatic heterocycles. The van der Waals surface area contributed by atoms with Crippen LogP contribution in [0, 0.1) is 5.92 Å². The van der Waals surface area contributed by atoms with Gasteiger partial charge in [0.25, 0.3) is 0 Å². The average Bonchev–Trinajstić information content (AvgIpc) is 3.39. The van der Waals surface area contributed by atoms with E-state index in [1.165, 1.54) is 0 Å². The number of likely N-dealkylation sites (tertiary alicyclic amines) is 1. The van der Waals surface area contributed by atoms with Gasteiger partial charge in [0.1, 0.15) is 5.76 Å². The molecule has 2 aliphatic rings. The first-order valence-corrected chi connectivity index (χ1v) is 10.1. The molecule has 2 unspecified atom stereocenters. The van der Waals surface area contributed by atoms with Gasteiger partial charge in [-0.05, 0) is 44.7 Å². The SMILES string of the molecule is CCOC(=O)C1CCCN(C(=NCC2CCCO2)NCCc2ccco2)C1. The number of carbonyl (C=O) groups excluding carboxylic acids is 1. The van der Waals surface area contributed by atoms with Gasteiger partial charge in [-0.1, -0.05) is 0 Å². The molecule has 0 spiro atoms. The van der Waals surface area contributed by atoms with E-state index in [-0.39, 0.29) is 18.0 Å². The minimum absolute atomic E-state index is 0.0847. The molecule has 0 amide bonds. The summed E-state index contributed by atoms with van der Waals surface area (Å²) in [6.07, 6.45) is 6.70. The number of rotatable bonds is 7. The maximum atomic E-state index is 12.2. The van der Waals surface area contributed by atoms with Gasteiger partial charge in [-0.25, -0.2) is 0 Å². The summed E-state index contributed by atoms with van der Waals surface area (Å²) in [7, 11) is 0. The van der Waals surface area contributed by atoms with Gasteiger partial charge < -0.3 is 24.1 Å². The van der Waals surface area contributed by atoms with Crippen LogP contribution in [0.4, 0.5) is 0 Å². The number of esters is 1. The second-order valence-corrected chi connectivity index (χ2v) is 7.09. The standard InChI is InChI=1S/C20H31N3O4/c1-2-25-19(24)16-6-3-11-23(15-16)20(22-14-18-8-5-13-27-18)21-10-9-17-7-4-12-26-17/h4,7,12,16,18H,2-3,5-6,8-11,13-15H2,1H3,(H,21,22). The molecule has 0 bridgehead atoms. The maximum absolute atomic E-state index is 12.2. The summed E-state index contributed by atoms with van der Waals surface area (Å²) < 4.78 is 16.3. The van der Waals surface area contributed by atoms with Gasteiger partial charge in [-0.3, -0.25) is 9.79 Å². The van der Waals surface area contributed by atoms with Crippen LogP contribution in [-0.2, 0) is 20.7 Å². The fraction of sp³-hybridized carbons (Fsp3) is 0.700. The summed E-state index contributed by atoms with van der Waals surface area (Å²) in [5.41, 5.74) is 0. The van der Waals surface area contributed by atoms with Crippen molar-refractivity contribution in [1.29, 1.82) is 0 Å². The van der Waals surface area contributed by atoms with Crippen molar-refractivity contribution >= 4 is 11.9 Å². The number of aliphatic imine (C=N–C) groups is 1. The number of piperidine rings is 1. The quantitative estimate of drug-likeness (QED) is 0.446. The van der Waals surface area contributed by atoms with E-state index in [1.807, 2.05) is 19.1 Å². The molecule has 3 heterocycles. The number of hydrogen-bond donors (Lipinski definition) is 1. The highest BCUT2D eigenvalue weighted by Gasteiger charge is 2.28. The van der Waals surface area contributed by atoms with E-state index < -0.39 is 0 Å². The molecule has 27 heavy (non-hydrogen) atoms. The lowest BCUT2D eigenvalue weighted by atomic mass is 9.98. The summed E-state index contributed by atoms with van der Waals surface area (Å²) in [6, 6.07) is 3.87. The summed E-state index contributed by atoms with van der Waals surface area (Å²) in [5, 5.41) is 3.45. The molecule has 1 aromatic heterocycles. The minimum atomic E-state index is -0.101. The first-order chi connectivity index (χ1) is 13.3. The van der Waals surface area contributed by atoms with E-state index in [1.54, 1.807) is 6.26 Å². The molecule has 0 aliphatic carbocycles. The van der Waals surface area contributed by atoms with Crippen LogP contribution < -0.4 is 5.32 Å². The highest BCUT2D eigenvalue weighted by molar-refractivity contribution is 5.81. The molecule has 7 nitrogen and oxygen atoms in total. The Balaban J connectivity index is 1.60. The zero-order valence-corrected chi connectivity index (χ0v) is 16.2. The predicted octanol–water partition coefficient (Wildman–Crippen LogP) is 2.22. The Morgan fingerprint density at radius 3 is 3.07 bits per heavy atom. The van der Waals surface area contributed by atoms with E-state index in [0.29, 0.717) is 19.7 Å². The number of guanidine groups is 1. The van der Waals surface area contributed by atoms with Crippen molar-refractivity contribution in [2.75, 3.05) is 39.4 Å². The second-order valence-electron chi connectivity index (χ2n) is 7.09. The Labute approximate surface area is 161 Å². The zero-order valence-electron chi connectivity index (χ0n) is 16.2. The van der Waals surface area contributed by atoms with E-state index in [2.05, 4.69) is 10.2 Å². The van der Waals surface area contributed by atoms with Gasteiger partial charge in [0.15, 0.2) is 5.96 Å². The van der Waals surface area contributed by atoms with Gasteiger partial charge in [0.2, 0.25) is 0 Å². The van der Waals surface area contributed by atoms with Crippen molar-refractivity contribution in [3.05, 3.63) is 24.2 Å². The molecular weight excluding hydrogens is 346 g/mol. The third kappa shape index (κ3) is 5.99. The van der Waals surface area contributed by atoms with E-state index >= 15 is 0 Å². The van der Waals surface area contributed by atoms with Crippen molar-refractivity contribution in [3.63, 3.8) is 0 Å². The summed E-state index contributed by atoms with van der Waals surface area (Å²) in [4.78, 5) is 19.2. The van der Waals surface area contributed by atoms with Crippen LogP contribution in [0.15, 0.2) is 27.8 Å². The number of hydrogen-bond acceptors (Lipinski definition) is 5. The van der Waals surface area contributed by atoms with Gasteiger partial charge in [0.05, 0.1) is 31.4 Å². The second kappa shape index (κ2) is 10.3. The van der Waals surface area contributed by atoms with Crippen LogP contribution >= 0.6 is 0 Å². The third-order valence-corrected chi connectivity index (χ3v) is 5.04. The van der Waals surface area contributed by atoms with E-state index in [9.17, 15) is 4.79 Å². The van der Waals surface area contributed by atoms with Crippen molar-refractivity contribution in [1.82, 2.24) is 10.2 Å². The zero-order chi connectivity index (χ0) is 18.9. The highest BCUT2D eigenvalue weighted by Crippen LogP contribution is 2.19. The van der Waals surface area contributed by atoms with E-state index in [0.717, 1.165) is 63.5 Å². The van der Waals surface area contributed by atoms with Crippen LogP contribution in [0.25, 0.3) is 0 Å². The molecule has 2 fully saturated rings. The number of nitrogens with one attached hydrogen (secondary N) is 1. The van der Waals surface area contributed by atoms with Gasteiger partial charge >= 0.3 is 5.97 Å². The smallest absolute Gasteiger partial charge is 0.310 e. The Hall–Kier alpha value is -2.02. The first kappa shape index (κ1) is 19.7.